The van der Waals surface area contributed by atoms with Crippen molar-refractivity contribution in [1.82, 2.24) is 0 Å². The highest BCUT2D eigenvalue weighted by Crippen LogP contribution is 2.43. The van der Waals surface area contributed by atoms with Crippen LogP contribution in [0.2, 0.25) is 0 Å². The summed E-state index contributed by atoms with van der Waals surface area (Å²) in [5, 5.41) is 113. The van der Waals surface area contributed by atoms with Crippen molar-refractivity contribution in [1.29, 1.82) is 0 Å². The third-order valence-corrected chi connectivity index (χ3v) is 9.86. The summed E-state index contributed by atoms with van der Waals surface area (Å²) in [6.07, 6.45) is -18.8. The van der Waals surface area contributed by atoms with Gasteiger partial charge in [-0.1, -0.05) is 0 Å². The smallest absolute Gasteiger partial charge is 0.187 e. The van der Waals surface area contributed by atoms with Gasteiger partial charge in [-0.05, 0) is 25.7 Å². The highest BCUT2D eigenvalue weighted by atomic mass is 16.7. The fraction of sp³-hybridized carbons (Fsp3) is 1.00. The van der Waals surface area contributed by atoms with Crippen LogP contribution >= 0.6 is 0 Å². The van der Waals surface area contributed by atoms with Gasteiger partial charge >= 0.3 is 0 Å². The van der Waals surface area contributed by atoms with Crippen LogP contribution in [0.5, 0.6) is 0 Å². The molecular formula is C27H47O16+. The maximum atomic E-state index is 10.7. The lowest BCUT2D eigenvalue weighted by Gasteiger charge is -2.50. The lowest BCUT2D eigenvalue weighted by atomic mass is 9.72. The van der Waals surface area contributed by atoms with E-state index in [1.807, 2.05) is 0 Å². The molecule has 0 spiro atoms. The summed E-state index contributed by atoms with van der Waals surface area (Å²) in [6.45, 7) is -1.29. The second-order valence-electron chi connectivity index (χ2n) is 12.7. The van der Waals surface area contributed by atoms with Crippen LogP contribution in [-0.2, 0) is 18.9 Å². The second-order valence-corrected chi connectivity index (χ2v) is 12.7. The van der Waals surface area contributed by atoms with E-state index in [0.29, 0.717) is 12.8 Å². The second kappa shape index (κ2) is 14.0. The number of aliphatic hydroxyl groups is 13. The van der Waals surface area contributed by atoms with E-state index < -0.39 is 123 Å². The van der Waals surface area contributed by atoms with E-state index in [4.69, 9.17) is 23.7 Å². The zero-order valence-corrected chi connectivity index (χ0v) is 23.6. The van der Waals surface area contributed by atoms with Crippen molar-refractivity contribution in [3.05, 3.63) is 0 Å². The SMILES string of the molecule is OC[C@@H]1O[C@@H](OC2CC(O)CC3[OH+]C(C4CCC(O)C(O)C4)C(O[C@@H]4O[C@@H](CO)[C@H](O)[C@@H](O)[C@@H]4O)CC23)[C@@H](O)[C@H](O)[C@H]1O. The molecule has 2 aliphatic carbocycles. The average molecular weight is 628 g/mol. The lowest BCUT2D eigenvalue weighted by molar-refractivity contribution is -0.367. The van der Waals surface area contributed by atoms with Crippen molar-refractivity contribution < 1.29 is 79.9 Å². The minimum absolute atomic E-state index is 0.109. The van der Waals surface area contributed by atoms with Crippen molar-refractivity contribution in [2.24, 2.45) is 11.8 Å². The molecule has 3 saturated heterocycles. The van der Waals surface area contributed by atoms with Crippen LogP contribution in [-0.4, -0.2) is 178 Å². The van der Waals surface area contributed by atoms with E-state index in [9.17, 15) is 56.2 Å². The number of ether oxygens (including phenoxy) is 5. The molecule has 0 aromatic rings. The summed E-state index contributed by atoms with van der Waals surface area (Å²) in [6, 6.07) is 0. The van der Waals surface area contributed by atoms with E-state index in [2.05, 4.69) is 0 Å². The molecule has 0 bridgehead atoms. The molecular weight excluding hydrogens is 580 g/mol. The fourth-order valence-corrected chi connectivity index (χ4v) is 7.34. The zero-order chi connectivity index (χ0) is 31.2. The van der Waals surface area contributed by atoms with Crippen LogP contribution in [0, 0.1) is 11.8 Å². The minimum Gasteiger partial charge on any atom is -0.427 e. The Labute approximate surface area is 248 Å². The van der Waals surface area contributed by atoms with Crippen LogP contribution < -0.4 is 0 Å². The van der Waals surface area contributed by atoms with Gasteiger partial charge in [0.1, 0.15) is 54.9 Å². The van der Waals surface area contributed by atoms with Gasteiger partial charge in [0.05, 0.1) is 43.5 Å². The van der Waals surface area contributed by atoms with E-state index >= 15 is 0 Å². The Balaban J connectivity index is 1.38. The summed E-state index contributed by atoms with van der Waals surface area (Å²) < 4.78 is 28.5. The Bertz CT molecular complexity index is 895. The first-order valence-corrected chi connectivity index (χ1v) is 15.1. The molecule has 0 aromatic heterocycles. The highest BCUT2D eigenvalue weighted by Gasteiger charge is 2.56. The van der Waals surface area contributed by atoms with Gasteiger partial charge in [-0.2, -0.15) is 0 Å². The third kappa shape index (κ3) is 6.90. The van der Waals surface area contributed by atoms with Gasteiger partial charge in [0.2, 0.25) is 0 Å². The van der Waals surface area contributed by atoms with Gasteiger partial charge in [0, 0.05) is 18.8 Å². The van der Waals surface area contributed by atoms with E-state index in [-0.39, 0.29) is 31.6 Å². The Morgan fingerprint density at radius 1 is 0.581 bits per heavy atom. The van der Waals surface area contributed by atoms with Gasteiger partial charge in [-0.15, -0.1) is 0 Å². The number of rotatable bonds is 7. The Morgan fingerprint density at radius 2 is 1.14 bits per heavy atom. The molecule has 0 amide bonds. The quantitative estimate of drug-likeness (QED) is 0.117. The number of fused-ring (bicyclic) bond motifs is 1. The van der Waals surface area contributed by atoms with Crippen molar-refractivity contribution in [2.75, 3.05) is 13.2 Å². The van der Waals surface area contributed by atoms with E-state index in [1.54, 1.807) is 0 Å². The first-order valence-electron chi connectivity index (χ1n) is 15.1. The van der Waals surface area contributed by atoms with Crippen molar-refractivity contribution in [3.63, 3.8) is 0 Å². The van der Waals surface area contributed by atoms with Crippen molar-refractivity contribution in [3.8, 4) is 0 Å². The molecule has 19 atom stereocenters. The average Bonchev–Trinajstić information content (AvgIpc) is 2.98. The molecule has 5 fully saturated rings. The molecule has 0 radical (unpaired) electrons. The Kier molecular flexibility index (Phi) is 11.0. The molecule has 16 nitrogen and oxygen atoms in total. The van der Waals surface area contributed by atoms with Gasteiger partial charge in [0.15, 0.2) is 24.8 Å². The molecule has 5 aliphatic rings. The molecule has 43 heavy (non-hydrogen) atoms. The molecule has 250 valence electrons. The molecule has 12 N–H and O–H groups in total. The summed E-state index contributed by atoms with van der Waals surface area (Å²) in [4.78, 5) is 0. The van der Waals surface area contributed by atoms with Crippen molar-refractivity contribution >= 4 is 0 Å². The molecule has 16 heteroatoms. The molecule has 5 rings (SSSR count). The standard InChI is InChI=1S/C27H46O16/c28-7-17-19(33)21(35)23(37)26(42-17)40-15-5-10(30)4-14-11(15)6-16(25(39-14)9-1-2-12(31)13(32)3-9)41-27-24(38)22(36)20(34)18(8-29)43-27/h9-38H,1-8H2/p+1/t9?,10?,11?,12?,13?,14?,15?,16?,17-,18-,19-,20-,21+,22+,23-,24-,25?,26+,27+/m0/s1. The molecule has 9 unspecified atom stereocenters. The summed E-state index contributed by atoms with van der Waals surface area (Å²) >= 11 is 0. The monoisotopic (exact) mass is 627 g/mol. The van der Waals surface area contributed by atoms with Crippen LogP contribution in [0.3, 0.4) is 0 Å². The zero-order valence-electron chi connectivity index (χ0n) is 23.6. The molecule has 3 aliphatic heterocycles. The number of hydrogen-bond donors (Lipinski definition) is 11. The summed E-state index contributed by atoms with van der Waals surface area (Å²) in [5.41, 5.74) is 0. The normalized spacial score (nSPS) is 54.6. The molecule has 2 saturated carbocycles. The first-order chi connectivity index (χ1) is 20.4. The van der Waals surface area contributed by atoms with Crippen LogP contribution in [0.25, 0.3) is 0 Å². The molecule has 0 aromatic carbocycles. The molecule has 3 heterocycles. The van der Waals surface area contributed by atoms with Gasteiger partial charge in [-0.25, -0.2) is 0 Å². The number of hydrogen-bond acceptors (Lipinski definition) is 15. The summed E-state index contributed by atoms with van der Waals surface area (Å²) in [5.74, 6) is -0.695. The van der Waals surface area contributed by atoms with Crippen LogP contribution in [0.4, 0.5) is 0 Å². The fourth-order valence-electron chi connectivity index (χ4n) is 7.34. The van der Waals surface area contributed by atoms with Gasteiger partial charge in [0.25, 0.3) is 0 Å². The van der Waals surface area contributed by atoms with Gasteiger partial charge in [-0.3, -0.25) is 0 Å². The predicted octanol–water partition coefficient (Wildman–Crippen LogP) is -5.68. The van der Waals surface area contributed by atoms with E-state index in [1.165, 1.54) is 0 Å². The van der Waals surface area contributed by atoms with Crippen molar-refractivity contribution in [2.45, 2.75) is 143 Å². The topological polar surface area (TPSA) is 272 Å². The number of aliphatic hydroxyl groups excluding tert-OH is 11. The minimum atomic E-state index is -1.67. The Morgan fingerprint density at radius 3 is 1.67 bits per heavy atom. The maximum absolute atomic E-state index is 10.7. The Hall–Kier alpha value is -0.640. The van der Waals surface area contributed by atoms with Crippen LogP contribution in [0.15, 0.2) is 0 Å². The van der Waals surface area contributed by atoms with Crippen LogP contribution in [0.1, 0.15) is 38.5 Å². The third-order valence-electron chi connectivity index (χ3n) is 9.86. The first kappa shape index (κ1) is 33.7. The maximum Gasteiger partial charge on any atom is 0.187 e. The van der Waals surface area contributed by atoms with Gasteiger partial charge < -0.3 is 79.9 Å². The lowest BCUT2D eigenvalue weighted by Crippen LogP contribution is -2.64. The largest absolute Gasteiger partial charge is 0.427 e. The summed E-state index contributed by atoms with van der Waals surface area (Å²) in [7, 11) is 0. The predicted molar refractivity (Wildman–Crippen MR) is 140 cm³/mol. The highest BCUT2D eigenvalue weighted by molar-refractivity contribution is 4.99. The van der Waals surface area contributed by atoms with E-state index in [0.717, 1.165) is 0 Å².